The summed E-state index contributed by atoms with van der Waals surface area (Å²) in [5, 5.41) is 1.10. The predicted molar refractivity (Wildman–Crippen MR) is 126 cm³/mol. The van der Waals surface area contributed by atoms with E-state index in [1.54, 1.807) is 18.4 Å². The molecule has 2 aliphatic rings. The van der Waals surface area contributed by atoms with E-state index in [-0.39, 0.29) is 17.7 Å². The molecule has 0 unspecified atom stereocenters. The topological polar surface area (TPSA) is 45.7 Å². The second kappa shape index (κ2) is 8.71. The lowest BCUT2D eigenvalue weighted by Crippen LogP contribution is -2.51. The molecule has 1 aromatic heterocycles. The maximum absolute atomic E-state index is 13.5. The van der Waals surface area contributed by atoms with Crippen LogP contribution in [0.4, 0.5) is 5.69 Å². The number of carbonyl (C=O) groups excluding carboxylic acids is 1. The molecule has 2 heterocycles. The number of fused-ring (bicyclic) bond motifs is 1. The number of aromatic nitrogens is 1. The zero-order valence-electron chi connectivity index (χ0n) is 17.7. The van der Waals surface area contributed by atoms with E-state index in [4.69, 9.17) is 9.72 Å². The molecule has 1 amide bonds. The summed E-state index contributed by atoms with van der Waals surface area (Å²) in [6.45, 7) is 3.19. The van der Waals surface area contributed by atoms with Crippen LogP contribution in [0.2, 0.25) is 0 Å². The molecule has 5 nitrogen and oxygen atoms in total. The number of allylic oxidation sites excluding steroid dienone is 2. The first-order valence-corrected chi connectivity index (χ1v) is 11.7. The fourth-order valence-corrected chi connectivity index (χ4v) is 5.78. The standard InChI is InChI=1S/C25H27N3O2S/c1-30-19-8-6-7-18(17-19)27-13-15-28(16-14-27)25(29)21-10-3-2-9-20(21)24-26-22-11-4-5-12-23(22)31-24/h2-8,11-12,17,20-21H,9-10,13-16H2,1H3/t20-,21-/m0/s1. The van der Waals surface area contributed by atoms with Gasteiger partial charge in [0.1, 0.15) is 5.75 Å². The predicted octanol–water partition coefficient (Wildman–Crippen LogP) is 4.70. The van der Waals surface area contributed by atoms with E-state index in [1.165, 1.54) is 4.70 Å². The van der Waals surface area contributed by atoms with Crippen molar-refractivity contribution < 1.29 is 9.53 Å². The summed E-state index contributed by atoms with van der Waals surface area (Å²) in [6.07, 6.45) is 6.07. The van der Waals surface area contributed by atoms with Gasteiger partial charge in [-0.2, -0.15) is 0 Å². The van der Waals surface area contributed by atoms with Crippen molar-refractivity contribution in [1.82, 2.24) is 9.88 Å². The molecule has 31 heavy (non-hydrogen) atoms. The second-order valence-corrected chi connectivity index (χ2v) is 9.25. The number of benzene rings is 2. The van der Waals surface area contributed by atoms with E-state index in [0.717, 1.165) is 61.0 Å². The lowest BCUT2D eigenvalue weighted by atomic mass is 9.82. The highest BCUT2D eigenvalue weighted by molar-refractivity contribution is 7.18. The molecule has 5 rings (SSSR count). The third-order valence-corrected chi connectivity index (χ3v) is 7.56. The van der Waals surface area contributed by atoms with Gasteiger partial charge in [0.25, 0.3) is 0 Å². The van der Waals surface area contributed by atoms with E-state index in [1.807, 2.05) is 18.2 Å². The van der Waals surface area contributed by atoms with Crippen LogP contribution in [0.1, 0.15) is 23.8 Å². The maximum atomic E-state index is 13.5. The van der Waals surface area contributed by atoms with Crippen molar-refractivity contribution in [2.45, 2.75) is 18.8 Å². The van der Waals surface area contributed by atoms with E-state index < -0.39 is 0 Å². The van der Waals surface area contributed by atoms with Gasteiger partial charge < -0.3 is 14.5 Å². The molecule has 1 aliphatic carbocycles. The van der Waals surface area contributed by atoms with Gasteiger partial charge >= 0.3 is 0 Å². The van der Waals surface area contributed by atoms with E-state index in [2.05, 4.69) is 52.3 Å². The minimum atomic E-state index is -0.0195. The third-order valence-electron chi connectivity index (χ3n) is 6.39. The molecule has 160 valence electrons. The number of nitrogens with zero attached hydrogens (tertiary/aromatic N) is 3. The Balaban J connectivity index is 1.29. The second-order valence-electron chi connectivity index (χ2n) is 8.19. The van der Waals surface area contributed by atoms with Gasteiger partial charge in [0.2, 0.25) is 5.91 Å². The lowest BCUT2D eigenvalue weighted by Gasteiger charge is -2.39. The van der Waals surface area contributed by atoms with Gasteiger partial charge in [-0.25, -0.2) is 4.98 Å². The number of piperazine rings is 1. The van der Waals surface area contributed by atoms with Gasteiger partial charge in [0, 0.05) is 43.9 Å². The fourth-order valence-electron chi connectivity index (χ4n) is 4.64. The van der Waals surface area contributed by atoms with Crippen LogP contribution < -0.4 is 9.64 Å². The van der Waals surface area contributed by atoms with Crippen molar-refractivity contribution in [2.75, 3.05) is 38.2 Å². The molecule has 2 aromatic carbocycles. The highest BCUT2D eigenvalue weighted by atomic mass is 32.1. The van der Waals surface area contributed by atoms with Crippen molar-refractivity contribution in [3.63, 3.8) is 0 Å². The van der Waals surface area contributed by atoms with Crippen molar-refractivity contribution in [3.05, 3.63) is 65.7 Å². The summed E-state index contributed by atoms with van der Waals surface area (Å²) in [5.74, 6) is 1.29. The first-order valence-electron chi connectivity index (χ1n) is 10.9. The summed E-state index contributed by atoms with van der Waals surface area (Å²) in [4.78, 5) is 22.8. The molecule has 6 heteroatoms. The van der Waals surface area contributed by atoms with Crippen molar-refractivity contribution in [2.24, 2.45) is 5.92 Å². The molecule has 0 spiro atoms. The largest absolute Gasteiger partial charge is 0.497 e. The summed E-state index contributed by atoms with van der Waals surface area (Å²) in [6, 6.07) is 16.4. The van der Waals surface area contributed by atoms with Crippen molar-refractivity contribution >= 4 is 33.1 Å². The Kier molecular flexibility index (Phi) is 5.64. The van der Waals surface area contributed by atoms with Crippen LogP contribution in [0.25, 0.3) is 10.2 Å². The van der Waals surface area contributed by atoms with Crippen molar-refractivity contribution in [3.8, 4) is 5.75 Å². The molecule has 0 N–H and O–H groups in total. The summed E-state index contributed by atoms with van der Waals surface area (Å²) >= 11 is 1.74. The third kappa shape index (κ3) is 4.04. The SMILES string of the molecule is COc1cccc(N2CCN(C(=O)[C@H]3CC=CC[C@@H]3c3nc4ccccc4s3)CC2)c1. The molecule has 3 aromatic rings. The monoisotopic (exact) mass is 433 g/mol. The molecular formula is C25H27N3O2S. The Morgan fingerprint density at radius 3 is 2.65 bits per heavy atom. The number of thiazole rings is 1. The summed E-state index contributed by atoms with van der Waals surface area (Å²) < 4.78 is 6.56. The number of ether oxygens (including phenoxy) is 1. The minimum absolute atomic E-state index is 0.0195. The Morgan fingerprint density at radius 2 is 1.84 bits per heavy atom. The normalized spacial score (nSPS) is 21.5. The van der Waals surface area contributed by atoms with Gasteiger partial charge in [-0.15, -0.1) is 11.3 Å². The molecule has 1 aliphatic heterocycles. The quantitative estimate of drug-likeness (QED) is 0.560. The number of rotatable bonds is 4. The molecule has 0 bridgehead atoms. The van der Waals surface area contributed by atoms with Gasteiger partial charge in [0.05, 0.1) is 28.3 Å². The van der Waals surface area contributed by atoms with Gasteiger partial charge in [0.15, 0.2) is 0 Å². The van der Waals surface area contributed by atoms with Crippen LogP contribution in [-0.4, -0.2) is 49.1 Å². The molecule has 1 saturated heterocycles. The highest BCUT2D eigenvalue weighted by Gasteiger charge is 2.35. The smallest absolute Gasteiger partial charge is 0.226 e. The highest BCUT2D eigenvalue weighted by Crippen LogP contribution is 2.39. The van der Waals surface area contributed by atoms with Crippen LogP contribution in [0.5, 0.6) is 5.75 Å². The molecule has 2 atom stereocenters. The fraction of sp³-hybridized carbons (Fsp3) is 0.360. The Bertz CT molecular complexity index is 1070. The van der Waals surface area contributed by atoms with E-state index in [0.29, 0.717) is 0 Å². The van der Waals surface area contributed by atoms with Crippen LogP contribution >= 0.6 is 11.3 Å². The van der Waals surface area contributed by atoms with Crippen LogP contribution in [-0.2, 0) is 4.79 Å². The number of amides is 1. The number of methoxy groups -OCH3 is 1. The number of anilines is 1. The summed E-state index contributed by atoms with van der Waals surface area (Å²) in [5.41, 5.74) is 2.19. The van der Waals surface area contributed by atoms with Gasteiger partial charge in [-0.05, 0) is 37.1 Å². The number of para-hydroxylation sites is 1. The van der Waals surface area contributed by atoms with E-state index in [9.17, 15) is 4.79 Å². The maximum Gasteiger partial charge on any atom is 0.226 e. The van der Waals surface area contributed by atoms with Crippen LogP contribution in [0, 0.1) is 5.92 Å². The van der Waals surface area contributed by atoms with Crippen LogP contribution in [0.15, 0.2) is 60.7 Å². The zero-order chi connectivity index (χ0) is 21.2. The number of hydrogen-bond donors (Lipinski definition) is 0. The lowest BCUT2D eigenvalue weighted by molar-refractivity contribution is -0.136. The Labute approximate surface area is 187 Å². The molecule has 0 saturated carbocycles. The number of carbonyl (C=O) groups is 1. The van der Waals surface area contributed by atoms with Crippen LogP contribution in [0.3, 0.4) is 0 Å². The molecule has 0 radical (unpaired) electrons. The minimum Gasteiger partial charge on any atom is -0.497 e. The average Bonchev–Trinajstić information content (AvgIpc) is 3.28. The summed E-state index contributed by atoms with van der Waals surface area (Å²) in [7, 11) is 1.69. The first kappa shape index (κ1) is 20.1. The van der Waals surface area contributed by atoms with E-state index >= 15 is 0 Å². The van der Waals surface area contributed by atoms with Gasteiger partial charge in [-0.1, -0.05) is 30.4 Å². The van der Waals surface area contributed by atoms with Crippen molar-refractivity contribution in [1.29, 1.82) is 0 Å². The molecular weight excluding hydrogens is 406 g/mol. The Morgan fingerprint density at radius 1 is 1.03 bits per heavy atom. The van der Waals surface area contributed by atoms with Gasteiger partial charge in [-0.3, -0.25) is 4.79 Å². The zero-order valence-corrected chi connectivity index (χ0v) is 18.6. The number of hydrogen-bond acceptors (Lipinski definition) is 5. The Hall–Kier alpha value is -2.86. The molecule has 1 fully saturated rings. The average molecular weight is 434 g/mol. The first-order chi connectivity index (χ1) is 15.2.